The summed E-state index contributed by atoms with van der Waals surface area (Å²) in [6, 6.07) is 7.57. The molecule has 28 heavy (non-hydrogen) atoms. The van der Waals surface area contributed by atoms with E-state index in [4.69, 9.17) is 15.2 Å². The van der Waals surface area contributed by atoms with E-state index in [1.165, 1.54) is 7.11 Å². The summed E-state index contributed by atoms with van der Waals surface area (Å²) in [7, 11) is 3.29. The number of ether oxygens (including phenoxy) is 2. The van der Waals surface area contributed by atoms with Gasteiger partial charge in [0.15, 0.2) is 0 Å². The number of primary amides is 1. The zero-order valence-corrected chi connectivity index (χ0v) is 17.7. The lowest BCUT2D eigenvalue weighted by molar-refractivity contribution is -0.128. The van der Waals surface area contributed by atoms with E-state index in [1.54, 1.807) is 11.9 Å². The number of hydrogen-bond acceptors (Lipinski definition) is 4. The van der Waals surface area contributed by atoms with Crippen LogP contribution in [0.15, 0.2) is 36.4 Å². The standard InChI is InChI=1S/C12H23NO2.C10H11NO2/c1-12(2,3)9-7-5-6-8-10(15-4)11(13)14;1-11-8-4-2-3-5-9(8)13-7-6-10(11)12/h7,9-10H,5-6,8H2,1-4H3,(H2,13,14);2-5H,6-7H2,1H3/b9-7+;. The maximum Gasteiger partial charge on any atom is 0.246 e. The highest BCUT2D eigenvalue weighted by atomic mass is 16.5. The van der Waals surface area contributed by atoms with Crippen molar-refractivity contribution in [3.05, 3.63) is 36.4 Å². The van der Waals surface area contributed by atoms with Crippen LogP contribution in [0.25, 0.3) is 0 Å². The van der Waals surface area contributed by atoms with Gasteiger partial charge in [0, 0.05) is 14.2 Å². The number of anilines is 1. The molecule has 1 unspecified atom stereocenters. The van der Waals surface area contributed by atoms with Gasteiger partial charge in [0.2, 0.25) is 11.8 Å². The number of nitrogens with zero attached hydrogens (tertiary/aromatic N) is 1. The Kier molecular flexibility index (Phi) is 9.73. The van der Waals surface area contributed by atoms with Gasteiger partial charge in [0.1, 0.15) is 11.9 Å². The number of benzene rings is 1. The molecular weight excluding hydrogens is 356 g/mol. The molecule has 0 spiro atoms. The monoisotopic (exact) mass is 390 g/mol. The van der Waals surface area contributed by atoms with Gasteiger partial charge in [-0.15, -0.1) is 0 Å². The molecule has 156 valence electrons. The van der Waals surface area contributed by atoms with Gasteiger partial charge in [-0.2, -0.15) is 0 Å². The highest BCUT2D eigenvalue weighted by Crippen LogP contribution is 2.29. The number of hydrogen-bond donors (Lipinski definition) is 1. The Morgan fingerprint density at radius 2 is 2.04 bits per heavy atom. The summed E-state index contributed by atoms with van der Waals surface area (Å²) in [5.41, 5.74) is 6.23. The lowest BCUT2D eigenvalue weighted by Gasteiger charge is -2.15. The topological polar surface area (TPSA) is 81.9 Å². The first-order valence-corrected chi connectivity index (χ1v) is 9.64. The van der Waals surface area contributed by atoms with E-state index < -0.39 is 6.10 Å². The van der Waals surface area contributed by atoms with Crippen LogP contribution < -0.4 is 15.4 Å². The number of fused-ring (bicyclic) bond motifs is 1. The Balaban J connectivity index is 0.000000281. The van der Waals surface area contributed by atoms with Crippen molar-refractivity contribution in [2.75, 3.05) is 25.7 Å². The van der Waals surface area contributed by atoms with Gasteiger partial charge in [-0.3, -0.25) is 9.59 Å². The van der Waals surface area contributed by atoms with Crippen LogP contribution in [0.1, 0.15) is 46.5 Å². The lowest BCUT2D eigenvalue weighted by Crippen LogP contribution is -2.29. The van der Waals surface area contributed by atoms with Gasteiger partial charge in [0.05, 0.1) is 18.7 Å². The molecule has 1 aromatic rings. The SMILES string of the molecule is CN1C(=O)CCOc2ccccc21.COC(CCC/C=C/C(C)(C)C)C(N)=O. The van der Waals surface area contributed by atoms with Crippen LogP contribution in [0.5, 0.6) is 5.75 Å². The second-order valence-corrected chi connectivity index (χ2v) is 7.84. The van der Waals surface area contributed by atoms with Crippen LogP contribution in [-0.4, -0.2) is 38.7 Å². The van der Waals surface area contributed by atoms with Gasteiger partial charge in [-0.05, 0) is 36.8 Å². The first-order valence-electron chi connectivity index (χ1n) is 9.64. The average Bonchev–Trinajstić information content (AvgIpc) is 2.77. The second kappa shape index (κ2) is 11.5. The number of carbonyl (C=O) groups is 2. The van der Waals surface area contributed by atoms with Crippen LogP contribution in [0.4, 0.5) is 5.69 Å². The van der Waals surface area contributed by atoms with Crippen molar-refractivity contribution in [2.24, 2.45) is 11.1 Å². The number of methoxy groups -OCH3 is 1. The van der Waals surface area contributed by atoms with Crippen LogP contribution in [-0.2, 0) is 14.3 Å². The molecule has 0 aliphatic carbocycles. The number of carbonyl (C=O) groups excluding carboxylic acids is 2. The maximum atomic E-state index is 11.4. The van der Waals surface area contributed by atoms with Gasteiger partial charge < -0.3 is 20.1 Å². The number of amides is 2. The molecule has 2 amide bonds. The molecule has 6 heteroatoms. The molecule has 0 bridgehead atoms. The fourth-order valence-electron chi connectivity index (χ4n) is 2.64. The normalized spacial score (nSPS) is 15.2. The Morgan fingerprint density at radius 1 is 1.36 bits per heavy atom. The van der Waals surface area contributed by atoms with E-state index >= 15 is 0 Å². The van der Waals surface area contributed by atoms with Crippen molar-refractivity contribution in [1.29, 1.82) is 0 Å². The molecule has 6 nitrogen and oxygen atoms in total. The molecule has 1 aliphatic heterocycles. The largest absolute Gasteiger partial charge is 0.491 e. The average molecular weight is 391 g/mol. The third kappa shape index (κ3) is 8.57. The summed E-state index contributed by atoms with van der Waals surface area (Å²) < 4.78 is 10.4. The Bertz CT molecular complexity index is 665. The molecule has 1 atom stereocenters. The van der Waals surface area contributed by atoms with Crippen molar-refractivity contribution in [3.63, 3.8) is 0 Å². The third-order valence-corrected chi connectivity index (χ3v) is 4.23. The van der Waals surface area contributed by atoms with Gasteiger partial charge >= 0.3 is 0 Å². The first kappa shape index (κ1) is 23.7. The minimum Gasteiger partial charge on any atom is -0.491 e. The summed E-state index contributed by atoms with van der Waals surface area (Å²) in [5.74, 6) is 0.512. The van der Waals surface area contributed by atoms with E-state index in [-0.39, 0.29) is 17.2 Å². The van der Waals surface area contributed by atoms with E-state index in [0.717, 1.165) is 24.3 Å². The smallest absolute Gasteiger partial charge is 0.246 e. The van der Waals surface area contributed by atoms with Crippen LogP contribution in [0, 0.1) is 5.41 Å². The lowest BCUT2D eigenvalue weighted by atomic mass is 9.95. The van der Waals surface area contributed by atoms with Crippen molar-refractivity contribution in [2.45, 2.75) is 52.6 Å². The van der Waals surface area contributed by atoms with Crippen molar-refractivity contribution in [1.82, 2.24) is 0 Å². The molecule has 0 fully saturated rings. The van der Waals surface area contributed by atoms with E-state index in [2.05, 4.69) is 32.9 Å². The first-order chi connectivity index (χ1) is 13.2. The quantitative estimate of drug-likeness (QED) is 0.593. The van der Waals surface area contributed by atoms with Gasteiger partial charge in [-0.1, -0.05) is 45.1 Å². The predicted molar refractivity (Wildman–Crippen MR) is 112 cm³/mol. The van der Waals surface area contributed by atoms with Gasteiger partial charge in [0.25, 0.3) is 0 Å². The summed E-state index contributed by atoms with van der Waals surface area (Å²) in [6.45, 7) is 6.95. The predicted octanol–water partition coefficient (Wildman–Crippen LogP) is 3.69. The Morgan fingerprint density at radius 3 is 2.64 bits per heavy atom. The van der Waals surface area contributed by atoms with Crippen LogP contribution in [0.3, 0.4) is 0 Å². The number of unbranched alkanes of at least 4 members (excludes halogenated alkanes) is 1. The van der Waals surface area contributed by atoms with Crippen molar-refractivity contribution >= 4 is 17.5 Å². The highest BCUT2D eigenvalue weighted by molar-refractivity contribution is 5.95. The third-order valence-electron chi connectivity index (χ3n) is 4.23. The second-order valence-electron chi connectivity index (χ2n) is 7.84. The van der Waals surface area contributed by atoms with Gasteiger partial charge in [-0.25, -0.2) is 0 Å². The number of allylic oxidation sites excluding steroid dienone is 2. The zero-order valence-electron chi connectivity index (χ0n) is 17.7. The van der Waals surface area contributed by atoms with E-state index in [1.807, 2.05) is 24.3 Å². The van der Waals surface area contributed by atoms with Crippen LogP contribution >= 0.6 is 0 Å². The van der Waals surface area contributed by atoms with Crippen molar-refractivity contribution in [3.8, 4) is 5.75 Å². The van der Waals surface area contributed by atoms with E-state index in [0.29, 0.717) is 19.4 Å². The summed E-state index contributed by atoms with van der Waals surface area (Å²) in [4.78, 5) is 23.9. The number of rotatable bonds is 6. The molecule has 1 aromatic carbocycles. The maximum absolute atomic E-state index is 11.4. The minimum absolute atomic E-state index is 0.102. The molecule has 2 rings (SSSR count). The summed E-state index contributed by atoms with van der Waals surface area (Å²) in [5, 5.41) is 0. The molecule has 0 aromatic heterocycles. The van der Waals surface area contributed by atoms with E-state index in [9.17, 15) is 9.59 Å². The van der Waals surface area contributed by atoms with Crippen LogP contribution in [0.2, 0.25) is 0 Å². The fourth-order valence-corrected chi connectivity index (χ4v) is 2.64. The molecule has 0 saturated heterocycles. The molecule has 0 radical (unpaired) electrons. The summed E-state index contributed by atoms with van der Waals surface area (Å²) >= 11 is 0. The molecular formula is C22H34N2O4. The van der Waals surface area contributed by atoms with Crippen molar-refractivity contribution < 1.29 is 19.1 Å². The molecule has 0 saturated carbocycles. The fraction of sp³-hybridized carbons (Fsp3) is 0.545. The number of para-hydroxylation sites is 2. The Hall–Kier alpha value is -2.34. The molecule has 2 N–H and O–H groups in total. The minimum atomic E-state index is -0.437. The summed E-state index contributed by atoms with van der Waals surface area (Å²) in [6.07, 6.45) is 6.92. The Labute approximate surface area is 168 Å². The zero-order chi connectivity index (χ0) is 21.2. The number of nitrogens with two attached hydrogens (primary N) is 1. The molecule has 1 heterocycles. The molecule has 1 aliphatic rings. The highest BCUT2D eigenvalue weighted by Gasteiger charge is 2.18.